The van der Waals surface area contributed by atoms with E-state index in [9.17, 15) is 0 Å². The topological polar surface area (TPSA) is 30.5 Å². The van der Waals surface area contributed by atoms with Crippen LogP contribution < -0.4 is 10.1 Å². The van der Waals surface area contributed by atoms with Crippen LogP contribution in [0.1, 0.15) is 43.4 Å². The highest BCUT2D eigenvalue weighted by molar-refractivity contribution is 5.43. The van der Waals surface area contributed by atoms with Crippen LogP contribution >= 0.6 is 0 Å². The Morgan fingerprint density at radius 2 is 1.86 bits per heavy atom. The standard InChI is InChI=1S/C18H31NO2/c1-6-7-14(2)13-21-18-15(3)10-17(11-16(18)4)12-19-8-9-20-5/h10-11,14,19H,6-9,12-13H2,1-5H3. The first-order valence-electron chi connectivity index (χ1n) is 8.01. The molecule has 1 N–H and O–H groups in total. The van der Waals surface area contributed by atoms with Crippen LogP contribution in [-0.2, 0) is 11.3 Å². The summed E-state index contributed by atoms with van der Waals surface area (Å²) in [5, 5.41) is 3.38. The number of benzene rings is 1. The van der Waals surface area contributed by atoms with Gasteiger partial charge in [0.05, 0.1) is 13.2 Å². The number of methoxy groups -OCH3 is 1. The molecule has 0 aliphatic rings. The summed E-state index contributed by atoms with van der Waals surface area (Å²) in [6, 6.07) is 4.43. The van der Waals surface area contributed by atoms with Crippen molar-refractivity contribution in [2.24, 2.45) is 5.92 Å². The van der Waals surface area contributed by atoms with E-state index in [1.54, 1.807) is 7.11 Å². The summed E-state index contributed by atoms with van der Waals surface area (Å²) in [4.78, 5) is 0. The second-order valence-electron chi connectivity index (χ2n) is 5.93. The molecule has 0 saturated carbocycles. The second-order valence-corrected chi connectivity index (χ2v) is 5.93. The summed E-state index contributed by atoms with van der Waals surface area (Å²) >= 11 is 0. The molecular weight excluding hydrogens is 262 g/mol. The molecule has 3 nitrogen and oxygen atoms in total. The quantitative estimate of drug-likeness (QED) is 0.665. The lowest BCUT2D eigenvalue weighted by atomic mass is 10.0. The summed E-state index contributed by atoms with van der Waals surface area (Å²) in [6.07, 6.45) is 2.44. The van der Waals surface area contributed by atoms with Crippen LogP contribution in [0.2, 0.25) is 0 Å². The molecule has 0 bridgehead atoms. The van der Waals surface area contributed by atoms with Gasteiger partial charge >= 0.3 is 0 Å². The Hall–Kier alpha value is -1.06. The Kier molecular flexibility index (Phi) is 8.40. The first-order valence-corrected chi connectivity index (χ1v) is 8.01. The molecule has 21 heavy (non-hydrogen) atoms. The summed E-state index contributed by atoms with van der Waals surface area (Å²) < 4.78 is 11.1. The number of hydrogen-bond acceptors (Lipinski definition) is 3. The zero-order chi connectivity index (χ0) is 15.7. The molecule has 0 aliphatic carbocycles. The van der Waals surface area contributed by atoms with Gasteiger partial charge in [-0.2, -0.15) is 0 Å². The van der Waals surface area contributed by atoms with Crippen molar-refractivity contribution >= 4 is 0 Å². The van der Waals surface area contributed by atoms with Gasteiger partial charge in [-0.05, 0) is 42.9 Å². The maximum absolute atomic E-state index is 6.04. The minimum atomic E-state index is 0.615. The smallest absolute Gasteiger partial charge is 0.125 e. The van der Waals surface area contributed by atoms with Crippen LogP contribution in [0.4, 0.5) is 0 Å². The molecule has 0 amide bonds. The van der Waals surface area contributed by atoms with Gasteiger partial charge in [-0.3, -0.25) is 0 Å². The molecule has 0 saturated heterocycles. The fourth-order valence-corrected chi connectivity index (χ4v) is 2.58. The van der Waals surface area contributed by atoms with E-state index < -0.39 is 0 Å². The molecule has 0 radical (unpaired) electrons. The summed E-state index contributed by atoms with van der Waals surface area (Å²) in [7, 11) is 1.72. The van der Waals surface area contributed by atoms with Crippen LogP contribution in [0, 0.1) is 19.8 Å². The van der Waals surface area contributed by atoms with E-state index in [2.05, 4.69) is 45.1 Å². The van der Waals surface area contributed by atoms with E-state index >= 15 is 0 Å². The number of ether oxygens (including phenoxy) is 2. The molecule has 1 aromatic rings. The third-order valence-corrected chi connectivity index (χ3v) is 3.63. The maximum Gasteiger partial charge on any atom is 0.125 e. The highest BCUT2D eigenvalue weighted by atomic mass is 16.5. The molecule has 0 heterocycles. The summed E-state index contributed by atoms with van der Waals surface area (Å²) in [5.74, 6) is 1.67. The predicted molar refractivity (Wildman–Crippen MR) is 89.1 cm³/mol. The first kappa shape index (κ1) is 18.0. The average Bonchev–Trinajstić information content (AvgIpc) is 2.43. The lowest BCUT2D eigenvalue weighted by Crippen LogP contribution is -2.18. The fraction of sp³-hybridized carbons (Fsp3) is 0.667. The zero-order valence-corrected chi connectivity index (χ0v) is 14.3. The van der Waals surface area contributed by atoms with Crippen LogP contribution in [0.3, 0.4) is 0 Å². The Morgan fingerprint density at radius 1 is 1.19 bits per heavy atom. The average molecular weight is 293 g/mol. The van der Waals surface area contributed by atoms with Crippen molar-refractivity contribution in [1.29, 1.82) is 0 Å². The molecular formula is C18H31NO2. The fourth-order valence-electron chi connectivity index (χ4n) is 2.58. The maximum atomic E-state index is 6.04. The largest absolute Gasteiger partial charge is 0.493 e. The Labute approximate surface area is 130 Å². The van der Waals surface area contributed by atoms with E-state index in [1.807, 2.05) is 0 Å². The van der Waals surface area contributed by atoms with Gasteiger partial charge in [-0.25, -0.2) is 0 Å². The lowest BCUT2D eigenvalue weighted by Gasteiger charge is -2.17. The highest BCUT2D eigenvalue weighted by Gasteiger charge is 2.09. The van der Waals surface area contributed by atoms with Crippen molar-refractivity contribution < 1.29 is 9.47 Å². The molecule has 1 atom stereocenters. The van der Waals surface area contributed by atoms with Crippen molar-refractivity contribution in [3.63, 3.8) is 0 Å². The van der Waals surface area contributed by atoms with E-state index in [0.717, 1.165) is 32.1 Å². The first-order chi connectivity index (χ1) is 10.1. The minimum absolute atomic E-state index is 0.615. The van der Waals surface area contributed by atoms with Crippen molar-refractivity contribution in [3.8, 4) is 5.75 Å². The van der Waals surface area contributed by atoms with Gasteiger partial charge in [0.2, 0.25) is 0 Å². The van der Waals surface area contributed by atoms with Gasteiger partial charge in [0, 0.05) is 20.2 Å². The van der Waals surface area contributed by atoms with Gasteiger partial charge in [-0.1, -0.05) is 32.4 Å². The van der Waals surface area contributed by atoms with Crippen molar-refractivity contribution in [1.82, 2.24) is 5.32 Å². The van der Waals surface area contributed by atoms with Crippen LogP contribution in [0.25, 0.3) is 0 Å². The monoisotopic (exact) mass is 293 g/mol. The van der Waals surface area contributed by atoms with Crippen molar-refractivity contribution in [2.75, 3.05) is 26.9 Å². The second kappa shape index (κ2) is 9.80. The Morgan fingerprint density at radius 3 is 2.43 bits per heavy atom. The molecule has 3 heteroatoms. The molecule has 120 valence electrons. The number of nitrogens with one attached hydrogen (secondary N) is 1. The minimum Gasteiger partial charge on any atom is -0.493 e. The molecule has 0 aliphatic heterocycles. The van der Waals surface area contributed by atoms with Gasteiger partial charge in [0.1, 0.15) is 5.75 Å². The molecule has 0 aromatic heterocycles. The molecule has 0 fully saturated rings. The number of rotatable bonds is 10. The van der Waals surface area contributed by atoms with E-state index in [-0.39, 0.29) is 0 Å². The van der Waals surface area contributed by atoms with Gasteiger partial charge in [0.25, 0.3) is 0 Å². The predicted octanol–water partition coefficient (Wildman–Crippen LogP) is 3.85. The van der Waals surface area contributed by atoms with Crippen LogP contribution in [0.15, 0.2) is 12.1 Å². The summed E-state index contributed by atoms with van der Waals surface area (Å²) in [6.45, 7) is 12.0. The van der Waals surface area contributed by atoms with Crippen LogP contribution in [-0.4, -0.2) is 26.9 Å². The van der Waals surface area contributed by atoms with Gasteiger partial charge in [0.15, 0.2) is 0 Å². The molecule has 1 rings (SSSR count). The molecule has 1 aromatic carbocycles. The third kappa shape index (κ3) is 6.49. The number of hydrogen-bond donors (Lipinski definition) is 1. The Balaban J connectivity index is 2.58. The van der Waals surface area contributed by atoms with E-state index in [1.165, 1.54) is 29.5 Å². The Bertz CT molecular complexity index is 395. The van der Waals surface area contributed by atoms with Crippen molar-refractivity contribution in [2.45, 2.75) is 47.1 Å². The normalized spacial score (nSPS) is 12.4. The third-order valence-electron chi connectivity index (χ3n) is 3.63. The lowest BCUT2D eigenvalue weighted by molar-refractivity contribution is 0.199. The number of aryl methyl sites for hydroxylation is 2. The van der Waals surface area contributed by atoms with Gasteiger partial charge in [-0.15, -0.1) is 0 Å². The SMILES string of the molecule is CCCC(C)COc1c(C)cc(CNCCOC)cc1C. The van der Waals surface area contributed by atoms with Crippen molar-refractivity contribution in [3.05, 3.63) is 28.8 Å². The van der Waals surface area contributed by atoms with E-state index in [4.69, 9.17) is 9.47 Å². The summed E-state index contributed by atoms with van der Waals surface area (Å²) in [5.41, 5.74) is 3.75. The zero-order valence-electron chi connectivity index (χ0n) is 14.3. The molecule has 1 unspecified atom stereocenters. The highest BCUT2D eigenvalue weighted by Crippen LogP contribution is 2.25. The molecule has 0 spiro atoms. The van der Waals surface area contributed by atoms with E-state index in [0.29, 0.717) is 5.92 Å². The van der Waals surface area contributed by atoms with Crippen LogP contribution in [0.5, 0.6) is 5.75 Å². The van der Waals surface area contributed by atoms with Gasteiger partial charge < -0.3 is 14.8 Å².